The Bertz CT molecular complexity index is 1000. The average Bonchev–Trinajstić information content (AvgIpc) is 2.90. The van der Waals surface area contributed by atoms with E-state index in [0.29, 0.717) is 23.0 Å². The zero-order chi connectivity index (χ0) is 22.0. The van der Waals surface area contributed by atoms with Gasteiger partial charge in [-0.1, -0.05) is 20.8 Å². The van der Waals surface area contributed by atoms with Crippen LogP contribution in [-0.4, -0.2) is 37.5 Å². The monoisotopic (exact) mass is 517 g/mol. The molecule has 2 heterocycles. The summed E-state index contributed by atoms with van der Waals surface area (Å²) in [6.45, 7) is 12.8. The fraction of sp³-hybridized carbons (Fsp3) is 0.619. The van der Waals surface area contributed by atoms with Crippen molar-refractivity contribution in [1.29, 1.82) is 0 Å². The highest BCUT2D eigenvalue weighted by Crippen LogP contribution is 2.46. The Morgan fingerprint density at radius 1 is 1.17 bits per heavy atom. The van der Waals surface area contributed by atoms with Crippen LogP contribution in [0, 0.1) is 23.5 Å². The van der Waals surface area contributed by atoms with Gasteiger partial charge >= 0.3 is 0 Å². The number of nitrogens with zero attached hydrogens (tertiary/aromatic N) is 3. The summed E-state index contributed by atoms with van der Waals surface area (Å²) in [6.07, 6.45) is 2.33. The zero-order valence-corrected chi connectivity index (χ0v) is 21.2. The summed E-state index contributed by atoms with van der Waals surface area (Å²) >= 11 is 9.38. The smallest absolute Gasteiger partial charge is 0.225 e. The molecule has 0 amide bonds. The number of aromatic nitrogens is 2. The van der Waals surface area contributed by atoms with Crippen LogP contribution in [-0.2, 0) is 4.43 Å². The van der Waals surface area contributed by atoms with Gasteiger partial charge in [-0.2, -0.15) is 4.98 Å². The molecule has 0 N–H and O–H groups in total. The maximum absolute atomic E-state index is 14.4. The molecule has 0 unspecified atom stereocenters. The molecule has 2 aliphatic rings. The summed E-state index contributed by atoms with van der Waals surface area (Å²) in [7, 11) is -1.88. The van der Waals surface area contributed by atoms with Gasteiger partial charge in [-0.15, -0.1) is 0 Å². The number of hydrogen-bond donors (Lipinski definition) is 0. The van der Waals surface area contributed by atoms with Crippen LogP contribution in [0.25, 0.3) is 10.9 Å². The van der Waals surface area contributed by atoms with Gasteiger partial charge in [-0.25, -0.2) is 13.8 Å². The largest absolute Gasteiger partial charge is 0.414 e. The molecular weight excluding hydrogens is 492 g/mol. The summed E-state index contributed by atoms with van der Waals surface area (Å²) in [6, 6.07) is 0.822. The lowest BCUT2D eigenvalue weighted by molar-refractivity contribution is 0.145. The topological polar surface area (TPSA) is 38.2 Å². The molecule has 164 valence electrons. The Balaban J connectivity index is 1.68. The molecule has 9 heteroatoms. The van der Waals surface area contributed by atoms with Gasteiger partial charge in [0.2, 0.25) is 5.28 Å². The first-order chi connectivity index (χ1) is 13.9. The second-order valence-corrected chi connectivity index (χ2v) is 16.0. The highest BCUT2D eigenvalue weighted by Gasteiger charge is 2.46. The predicted octanol–water partition coefficient (Wildman–Crippen LogP) is 6.56. The van der Waals surface area contributed by atoms with E-state index in [1.807, 2.05) is 0 Å². The van der Waals surface area contributed by atoms with Crippen molar-refractivity contribution < 1.29 is 13.2 Å². The summed E-state index contributed by atoms with van der Waals surface area (Å²) in [5, 5.41) is 0.446. The highest BCUT2D eigenvalue weighted by molar-refractivity contribution is 9.10. The van der Waals surface area contributed by atoms with Crippen molar-refractivity contribution >= 4 is 52.6 Å². The Morgan fingerprint density at radius 3 is 2.53 bits per heavy atom. The first kappa shape index (κ1) is 22.4. The Kier molecular flexibility index (Phi) is 5.69. The van der Waals surface area contributed by atoms with Crippen LogP contribution in [0.4, 0.5) is 14.6 Å². The average molecular weight is 519 g/mol. The van der Waals surface area contributed by atoms with E-state index < -0.39 is 20.0 Å². The SMILES string of the molecule is CC(C)(C)[Si](C)(C)O[C@@H]1C[C@H]2C[C@@H]1CN(c1nc(Cl)nc3c(F)cc(F)c(Br)c13)C2. The molecule has 2 aromatic rings. The molecule has 3 atom stereocenters. The lowest BCUT2D eigenvalue weighted by Gasteiger charge is -2.40. The number of anilines is 1. The van der Waals surface area contributed by atoms with Crippen LogP contribution in [0.3, 0.4) is 0 Å². The molecule has 0 spiro atoms. The molecule has 30 heavy (non-hydrogen) atoms. The zero-order valence-electron chi connectivity index (χ0n) is 17.9. The van der Waals surface area contributed by atoms with E-state index in [4.69, 9.17) is 16.0 Å². The van der Waals surface area contributed by atoms with Crippen LogP contribution < -0.4 is 4.90 Å². The van der Waals surface area contributed by atoms with Crippen LogP contribution >= 0.6 is 27.5 Å². The van der Waals surface area contributed by atoms with E-state index in [9.17, 15) is 8.78 Å². The second-order valence-electron chi connectivity index (χ2n) is 10.1. The Morgan fingerprint density at radius 2 is 1.87 bits per heavy atom. The quantitative estimate of drug-likeness (QED) is 0.262. The van der Waals surface area contributed by atoms with E-state index in [0.717, 1.165) is 32.0 Å². The molecule has 1 aromatic carbocycles. The van der Waals surface area contributed by atoms with Gasteiger partial charge < -0.3 is 9.33 Å². The summed E-state index contributed by atoms with van der Waals surface area (Å²) < 4.78 is 35.6. The number of hydrogen-bond acceptors (Lipinski definition) is 4. The van der Waals surface area contributed by atoms with Gasteiger partial charge in [0.25, 0.3) is 0 Å². The molecule has 4 nitrogen and oxygen atoms in total. The van der Waals surface area contributed by atoms with Crippen LogP contribution in [0.1, 0.15) is 33.6 Å². The van der Waals surface area contributed by atoms with Crippen molar-refractivity contribution in [3.8, 4) is 0 Å². The van der Waals surface area contributed by atoms with E-state index in [1.54, 1.807) is 0 Å². The van der Waals surface area contributed by atoms with Gasteiger partial charge in [0, 0.05) is 31.2 Å². The summed E-state index contributed by atoms with van der Waals surface area (Å²) in [4.78, 5) is 10.5. The van der Waals surface area contributed by atoms with Crippen LogP contribution in [0.5, 0.6) is 0 Å². The summed E-state index contributed by atoms with van der Waals surface area (Å²) in [5.41, 5.74) is 0.0327. The van der Waals surface area contributed by atoms with Gasteiger partial charge in [0.05, 0.1) is 9.86 Å². The molecular formula is C21H27BrClF2N3OSi. The Labute approximate surface area is 190 Å². The molecule has 4 rings (SSSR count). The van der Waals surface area contributed by atoms with E-state index in [-0.39, 0.29) is 26.4 Å². The van der Waals surface area contributed by atoms with Crippen molar-refractivity contribution in [2.45, 2.75) is 57.8 Å². The summed E-state index contributed by atoms with van der Waals surface area (Å²) in [5.74, 6) is -0.113. The number of halogens is 4. The third kappa shape index (κ3) is 3.89. The molecule has 1 aliphatic carbocycles. The van der Waals surface area contributed by atoms with Crippen molar-refractivity contribution in [2.75, 3.05) is 18.0 Å². The van der Waals surface area contributed by atoms with Crippen LogP contribution in [0.2, 0.25) is 23.4 Å². The molecule has 1 saturated carbocycles. The van der Waals surface area contributed by atoms with E-state index in [2.05, 4.69) is 64.7 Å². The lowest BCUT2D eigenvalue weighted by Crippen LogP contribution is -2.46. The van der Waals surface area contributed by atoms with Gasteiger partial charge in [0.15, 0.2) is 14.1 Å². The maximum Gasteiger partial charge on any atom is 0.225 e. The molecule has 2 fully saturated rings. The number of rotatable bonds is 3. The minimum absolute atomic E-state index is 0.0327. The first-order valence-corrected chi connectivity index (χ1v) is 14.4. The Hall–Kier alpha value is -0.833. The number of piperidine rings is 1. The fourth-order valence-corrected chi connectivity index (χ4v) is 6.51. The minimum atomic E-state index is -1.88. The number of benzene rings is 1. The minimum Gasteiger partial charge on any atom is -0.414 e. The van der Waals surface area contributed by atoms with E-state index in [1.165, 1.54) is 0 Å². The highest BCUT2D eigenvalue weighted by atomic mass is 79.9. The molecule has 0 radical (unpaired) electrons. The molecule has 1 aliphatic heterocycles. The van der Waals surface area contributed by atoms with Crippen LogP contribution in [0.15, 0.2) is 10.5 Å². The van der Waals surface area contributed by atoms with E-state index >= 15 is 0 Å². The third-order valence-corrected chi connectivity index (χ3v) is 12.4. The first-order valence-electron chi connectivity index (χ1n) is 10.3. The lowest BCUT2D eigenvalue weighted by atomic mass is 9.98. The van der Waals surface area contributed by atoms with Crippen molar-refractivity contribution in [2.24, 2.45) is 11.8 Å². The van der Waals surface area contributed by atoms with Crippen molar-refractivity contribution in [3.63, 3.8) is 0 Å². The van der Waals surface area contributed by atoms with Crippen molar-refractivity contribution in [3.05, 3.63) is 27.5 Å². The normalized spacial score (nSPS) is 24.7. The number of fused-ring (bicyclic) bond motifs is 3. The molecule has 2 bridgehead atoms. The van der Waals surface area contributed by atoms with Gasteiger partial charge in [-0.05, 0) is 64.4 Å². The van der Waals surface area contributed by atoms with Gasteiger partial charge in [-0.3, -0.25) is 0 Å². The third-order valence-electron chi connectivity index (χ3n) is 6.98. The van der Waals surface area contributed by atoms with Crippen molar-refractivity contribution in [1.82, 2.24) is 9.97 Å². The maximum atomic E-state index is 14.4. The predicted molar refractivity (Wildman–Crippen MR) is 123 cm³/mol. The fourth-order valence-electron chi connectivity index (χ4n) is 4.47. The second kappa shape index (κ2) is 7.64. The molecule has 1 saturated heterocycles. The van der Waals surface area contributed by atoms with Gasteiger partial charge in [0.1, 0.15) is 17.2 Å². The standard InChI is InChI=1S/C21H27BrClF2N3OSi/c1-21(2,3)30(4,5)29-15-7-11-6-12(15)10-28(9-11)19-16-17(22)13(24)8-14(25)18(16)26-20(23)27-19/h8,11-12,15H,6-7,9-10H2,1-5H3/t11-,12-,15-/m1/s1. The molecule has 1 aromatic heterocycles.